The first-order chi connectivity index (χ1) is 7.13. The first kappa shape index (κ1) is 11.6. The molecule has 0 aliphatic heterocycles. The first-order valence-corrected chi connectivity index (χ1v) is 5.16. The molecule has 0 heterocycles. The summed E-state index contributed by atoms with van der Waals surface area (Å²) in [5.41, 5.74) is 2.20. The lowest BCUT2D eigenvalue weighted by atomic mass is 10.1. The van der Waals surface area contributed by atoms with E-state index in [4.69, 9.17) is 0 Å². The normalized spacial score (nSPS) is 9.80. The maximum Gasteiger partial charge on any atom is 0.224 e. The number of hydrogen-bond acceptors (Lipinski definition) is 2. The monoisotopic (exact) mass is 206 g/mol. The van der Waals surface area contributed by atoms with Crippen LogP contribution < -0.4 is 10.2 Å². The van der Waals surface area contributed by atoms with Crippen LogP contribution in [0.15, 0.2) is 24.3 Å². The van der Waals surface area contributed by atoms with Crippen LogP contribution in [0.3, 0.4) is 0 Å². The fraction of sp³-hybridized carbons (Fsp3) is 0.417. The third-order valence-electron chi connectivity index (χ3n) is 2.19. The number of anilines is 1. The topological polar surface area (TPSA) is 32.3 Å². The van der Waals surface area contributed by atoms with Crippen LogP contribution in [0.5, 0.6) is 0 Å². The van der Waals surface area contributed by atoms with Gasteiger partial charge in [0.25, 0.3) is 0 Å². The minimum absolute atomic E-state index is 0.0788. The summed E-state index contributed by atoms with van der Waals surface area (Å²) in [6.45, 7) is 2.61. The van der Waals surface area contributed by atoms with Gasteiger partial charge in [-0.3, -0.25) is 4.79 Å². The molecule has 1 amide bonds. The molecule has 0 saturated heterocycles. The second-order valence-corrected chi connectivity index (χ2v) is 3.69. The zero-order valence-corrected chi connectivity index (χ0v) is 9.58. The number of rotatable bonds is 4. The van der Waals surface area contributed by atoms with E-state index in [2.05, 4.69) is 5.32 Å². The molecule has 1 rings (SSSR count). The third kappa shape index (κ3) is 3.62. The Morgan fingerprint density at radius 1 is 1.27 bits per heavy atom. The van der Waals surface area contributed by atoms with Crippen LogP contribution in [0.25, 0.3) is 0 Å². The van der Waals surface area contributed by atoms with Crippen LogP contribution >= 0.6 is 0 Å². The van der Waals surface area contributed by atoms with Crippen LogP contribution in [0.1, 0.15) is 12.5 Å². The van der Waals surface area contributed by atoms with E-state index in [1.54, 1.807) is 0 Å². The average molecular weight is 206 g/mol. The molecule has 0 spiro atoms. The highest BCUT2D eigenvalue weighted by atomic mass is 16.1. The molecule has 1 N–H and O–H groups in total. The van der Waals surface area contributed by atoms with Crippen molar-refractivity contribution in [1.82, 2.24) is 5.32 Å². The number of benzene rings is 1. The van der Waals surface area contributed by atoms with Gasteiger partial charge < -0.3 is 10.2 Å². The second-order valence-electron chi connectivity index (χ2n) is 3.69. The van der Waals surface area contributed by atoms with Gasteiger partial charge in [0, 0.05) is 26.3 Å². The summed E-state index contributed by atoms with van der Waals surface area (Å²) in [4.78, 5) is 13.3. The summed E-state index contributed by atoms with van der Waals surface area (Å²) >= 11 is 0. The van der Waals surface area contributed by atoms with Crippen LogP contribution in [0.4, 0.5) is 5.69 Å². The third-order valence-corrected chi connectivity index (χ3v) is 2.19. The van der Waals surface area contributed by atoms with Crippen molar-refractivity contribution in [3.05, 3.63) is 29.8 Å². The number of hydrogen-bond donors (Lipinski definition) is 1. The lowest BCUT2D eigenvalue weighted by Gasteiger charge is -2.12. The molecule has 82 valence electrons. The number of carbonyl (C=O) groups excluding carboxylic acids is 1. The molecule has 3 nitrogen and oxygen atoms in total. The highest BCUT2D eigenvalue weighted by Crippen LogP contribution is 2.12. The van der Waals surface area contributed by atoms with Crippen molar-refractivity contribution in [3.8, 4) is 0 Å². The predicted molar refractivity (Wildman–Crippen MR) is 63.2 cm³/mol. The predicted octanol–water partition coefficient (Wildman–Crippen LogP) is 1.43. The van der Waals surface area contributed by atoms with Crippen LogP contribution in [-0.2, 0) is 11.2 Å². The largest absolute Gasteiger partial charge is 0.378 e. The van der Waals surface area contributed by atoms with E-state index < -0.39 is 0 Å². The van der Waals surface area contributed by atoms with E-state index in [0.29, 0.717) is 13.0 Å². The molecule has 0 saturated carbocycles. The van der Waals surface area contributed by atoms with Crippen LogP contribution in [0, 0.1) is 0 Å². The number of nitrogens with zero attached hydrogens (tertiary/aromatic N) is 1. The lowest BCUT2D eigenvalue weighted by molar-refractivity contribution is -0.120. The minimum Gasteiger partial charge on any atom is -0.378 e. The van der Waals surface area contributed by atoms with Crippen molar-refractivity contribution >= 4 is 11.6 Å². The Labute approximate surface area is 91.1 Å². The van der Waals surface area contributed by atoms with Crippen molar-refractivity contribution in [2.75, 3.05) is 25.5 Å². The number of likely N-dealkylation sites (N-methyl/N-ethyl adjacent to an activating group) is 1. The zero-order chi connectivity index (χ0) is 11.3. The maximum absolute atomic E-state index is 11.3. The van der Waals surface area contributed by atoms with E-state index in [-0.39, 0.29) is 5.91 Å². The van der Waals surface area contributed by atoms with Gasteiger partial charge in [-0.15, -0.1) is 0 Å². The summed E-state index contributed by atoms with van der Waals surface area (Å²) < 4.78 is 0. The highest BCUT2D eigenvalue weighted by Gasteiger charge is 2.02. The highest BCUT2D eigenvalue weighted by molar-refractivity contribution is 5.78. The summed E-state index contributed by atoms with van der Waals surface area (Å²) in [5, 5.41) is 2.78. The standard InChI is InChI=1S/C12H18N2O/c1-4-13-12(15)9-10-5-7-11(8-6-10)14(2)3/h5-8H,4,9H2,1-3H3,(H,13,15). The van der Waals surface area contributed by atoms with Gasteiger partial charge in [0.05, 0.1) is 6.42 Å². The zero-order valence-electron chi connectivity index (χ0n) is 9.58. The Kier molecular flexibility index (Phi) is 4.16. The van der Waals surface area contributed by atoms with Crippen LogP contribution in [0.2, 0.25) is 0 Å². The summed E-state index contributed by atoms with van der Waals surface area (Å²) in [5.74, 6) is 0.0788. The Morgan fingerprint density at radius 2 is 1.87 bits per heavy atom. The van der Waals surface area contributed by atoms with Gasteiger partial charge >= 0.3 is 0 Å². The SMILES string of the molecule is CCNC(=O)Cc1ccc(N(C)C)cc1. The van der Waals surface area contributed by atoms with Crippen molar-refractivity contribution in [1.29, 1.82) is 0 Å². The number of carbonyl (C=O) groups is 1. The van der Waals surface area contributed by atoms with E-state index >= 15 is 0 Å². The van der Waals surface area contributed by atoms with Gasteiger partial charge in [0.15, 0.2) is 0 Å². The summed E-state index contributed by atoms with van der Waals surface area (Å²) in [6.07, 6.45) is 0.460. The number of amides is 1. The maximum atomic E-state index is 11.3. The van der Waals surface area contributed by atoms with Gasteiger partial charge in [-0.1, -0.05) is 12.1 Å². The summed E-state index contributed by atoms with van der Waals surface area (Å²) in [7, 11) is 4.00. The fourth-order valence-electron chi connectivity index (χ4n) is 1.36. The van der Waals surface area contributed by atoms with Crippen LogP contribution in [-0.4, -0.2) is 26.5 Å². The molecular formula is C12H18N2O. The van der Waals surface area contributed by atoms with E-state index in [9.17, 15) is 4.79 Å². The smallest absolute Gasteiger partial charge is 0.224 e. The van der Waals surface area contributed by atoms with Gasteiger partial charge in [-0.05, 0) is 24.6 Å². The molecule has 1 aromatic rings. The number of nitrogens with one attached hydrogen (secondary N) is 1. The van der Waals surface area contributed by atoms with E-state index in [1.807, 2.05) is 50.2 Å². The van der Waals surface area contributed by atoms with Gasteiger partial charge in [-0.2, -0.15) is 0 Å². The molecule has 0 unspecified atom stereocenters. The molecule has 3 heteroatoms. The van der Waals surface area contributed by atoms with Crippen molar-refractivity contribution in [2.45, 2.75) is 13.3 Å². The van der Waals surface area contributed by atoms with Gasteiger partial charge in [0.1, 0.15) is 0 Å². The molecule has 0 atom stereocenters. The Balaban J connectivity index is 2.60. The second kappa shape index (κ2) is 5.39. The Bertz CT molecular complexity index is 317. The van der Waals surface area contributed by atoms with Crippen molar-refractivity contribution in [2.24, 2.45) is 0 Å². The molecule has 0 aliphatic rings. The summed E-state index contributed by atoms with van der Waals surface area (Å²) in [6, 6.07) is 8.03. The molecule has 0 aromatic heterocycles. The van der Waals surface area contributed by atoms with Gasteiger partial charge in [-0.25, -0.2) is 0 Å². The van der Waals surface area contributed by atoms with Gasteiger partial charge in [0.2, 0.25) is 5.91 Å². The van der Waals surface area contributed by atoms with Crippen molar-refractivity contribution < 1.29 is 4.79 Å². The molecule has 0 aliphatic carbocycles. The molecule has 15 heavy (non-hydrogen) atoms. The van der Waals surface area contributed by atoms with E-state index in [0.717, 1.165) is 11.3 Å². The molecule has 0 radical (unpaired) electrons. The average Bonchev–Trinajstić information content (AvgIpc) is 2.18. The Morgan fingerprint density at radius 3 is 2.33 bits per heavy atom. The molecule has 1 aromatic carbocycles. The first-order valence-electron chi connectivity index (χ1n) is 5.16. The minimum atomic E-state index is 0.0788. The quantitative estimate of drug-likeness (QED) is 0.808. The Hall–Kier alpha value is -1.51. The molecular weight excluding hydrogens is 188 g/mol. The fourth-order valence-corrected chi connectivity index (χ4v) is 1.36. The van der Waals surface area contributed by atoms with Crippen molar-refractivity contribution in [3.63, 3.8) is 0 Å². The molecule has 0 bridgehead atoms. The molecule has 0 fully saturated rings. The lowest BCUT2D eigenvalue weighted by Crippen LogP contribution is -2.24. The van der Waals surface area contributed by atoms with E-state index in [1.165, 1.54) is 0 Å².